The molecule has 1 aliphatic carbocycles. The number of thiophene rings is 1. The fraction of sp³-hybridized carbons (Fsp3) is 0.421. The normalized spacial score (nSPS) is 16.1. The highest BCUT2D eigenvalue weighted by molar-refractivity contribution is 7.13. The zero-order valence-corrected chi connectivity index (χ0v) is 16.9. The predicted octanol–water partition coefficient (Wildman–Crippen LogP) is 5.58. The summed E-state index contributed by atoms with van der Waals surface area (Å²) in [5.41, 5.74) is -1.31. The van der Waals surface area contributed by atoms with Crippen molar-refractivity contribution in [3.63, 3.8) is 0 Å². The molecule has 0 saturated heterocycles. The van der Waals surface area contributed by atoms with Crippen LogP contribution in [-0.2, 0) is 6.18 Å². The number of carbonyl (C=O) groups is 1. The van der Waals surface area contributed by atoms with E-state index >= 15 is 0 Å². The molecule has 10 heteroatoms. The first kappa shape index (κ1) is 20.2. The zero-order chi connectivity index (χ0) is 20.6. The number of aromatic nitrogens is 3. The van der Waals surface area contributed by atoms with Crippen LogP contribution in [0.3, 0.4) is 0 Å². The SMILES string of the molecule is O=C(NC1CCCCCC1)c1nn2c(C(F)(F)F)cc(-c3cccs3)nc2c1Cl. The number of halogens is 4. The van der Waals surface area contributed by atoms with Gasteiger partial charge in [-0.2, -0.15) is 18.3 Å². The van der Waals surface area contributed by atoms with Gasteiger partial charge in [0.15, 0.2) is 17.0 Å². The predicted molar refractivity (Wildman–Crippen MR) is 105 cm³/mol. The van der Waals surface area contributed by atoms with Crippen LogP contribution in [-0.4, -0.2) is 26.5 Å². The van der Waals surface area contributed by atoms with Crippen molar-refractivity contribution in [1.82, 2.24) is 19.9 Å². The molecule has 4 rings (SSSR count). The average molecular weight is 443 g/mol. The van der Waals surface area contributed by atoms with Gasteiger partial charge in [-0.25, -0.2) is 9.50 Å². The van der Waals surface area contributed by atoms with Crippen molar-refractivity contribution in [2.45, 2.75) is 50.7 Å². The Balaban J connectivity index is 1.76. The highest BCUT2D eigenvalue weighted by atomic mass is 35.5. The number of alkyl halides is 3. The van der Waals surface area contributed by atoms with E-state index in [9.17, 15) is 18.0 Å². The van der Waals surface area contributed by atoms with Crippen molar-refractivity contribution in [2.75, 3.05) is 0 Å². The highest BCUT2D eigenvalue weighted by Gasteiger charge is 2.37. The lowest BCUT2D eigenvalue weighted by atomic mass is 10.1. The topological polar surface area (TPSA) is 59.3 Å². The van der Waals surface area contributed by atoms with Gasteiger partial charge in [0, 0.05) is 6.04 Å². The van der Waals surface area contributed by atoms with Crippen LogP contribution >= 0.6 is 22.9 Å². The van der Waals surface area contributed by atoms with Gasteiger partial charge in [0.1, 0.15) is 5.02 Å². The fourth-order valence-electron chi connectivity index (χ4n) is 3.57. The van der Waals surface area contributed by atoms with Gasteiger partial charge < -0.3 is 5.32 Å². The Morgan fingerprint density at radius 1 is 1.24 bits per heavy atom. The molecule has 0 spiro atoms. The van der Waals surface area contributed by atoms with Crippen LogP contribution in [0.15, 0.2) is 23.6 Å². The van der Waals surface area contributed by atoms with Gasteiger partial charge in [-0.1, -0.05) is 43.4 Å². The van der Waals surface area contributed by atoms with Crippen LogP contribution in [0.5, 0.6) is 0 Å². The van der Waals surface area contributed by atoms with Crippen molar-refractivity contribution in [3.8, 4) is 10.6 Å². The molecule has 0 bridgehead atoms. The molecule has 29 heavy (non-hydrogen) atoms. The minimum atomic E-state index is -4.68. The smallest absolute Gasteiger partial charge is 0.348 e. The summed E-state index contributed by atoms with van der Waals surface area (Å²) >= 11 is 7.55. The van der Waals surface area contributed by atoms with E-state index in [0.29, 0.717) is 9.39 Å². The van der Waals surface area contributed by atoms with Crippen molar-refractivity contribution in [3.05, 3.63) is 40.0 Å². The Labute approximate surface area is 173 Å². The molecule has 154 valence electrons. The molecule has 1 fully saturated rings. The quantitative estimate of drug-likeness (QED) is 0.538. The van der Waals surface area contributed by atoms with Crippen LogP contribution in [0.1, 0.15) is 54.7 Å². The first-order chi connectivity index (χ1) is 13.8. The summed E-state index contributed by atoms with van der Waals surface area (Å²) < 4.78 is 41.6. The third-order valence-electron chi connectivity index (χ3n) is 5.00. The lowest BCUT2D eigenvalue weighted by molar-refractivity contribution is -0.142. The zero-order valence-electron chi connectivity index (χ0n) is 15.3. The van der Waals surface area contributed by atoms with E-state index in [-0.39, 0.29) is 28.1 Å². The Bertz CT molecular complexity index is 1020. The second-order valence-corrected chi connectivity index (χ2v) is 8.39. The van der Waals surface area contributed by atoms with E-state index in [1.807, 2.05) is 0 Å². The minimum absolute atomic E-state index is 0.0254. The van der Waals surface area contributed by atoms with E-state index in [4.69, 9.17) is 11.6 Å². The van der Waals surface area contributed by atoms with Crippen LogP contribution in [0.4, 0.5) is 13.2 Å². The molecule has 0 atom stereocenters. The summed E-state index contributed by atoms with van der Waals surface area (Å²) in [5.74, 6) is -0.571. The van der Waals surface area contributed by atoms with E-state index in [1.54, 1.807) is 17.5 Å². The van der Waals surface area contributed by atoms with Gasteiger partial charge in [0.2, 0.25) is 0 Å². The molecule has 0 unspecified atom stereocenters. The molecule has 3 aromatic rings. The van der Waals surface area contributed by atoms with Gasteiger partial charge >= 0.3 is 6.18 Å². The molecular weight excluding hydrogens is 425 g/mol. The number of nitrogens with zero attached hydrogens (tertiary/aromatic N) is 3. The van der Waals surface area contributed by atoms with Gasteiger partial charge in [0.05, 0.1) is 10.6 Å². The molecular formula is C19H18ClF3N4OS. The van der Waals surface area contributed by atoms with E-state index in [0.717, 1.165) is 44.6 Å². The highest BCUT2D eigenvalue weighted by Crippen LogP contribution is 2.35. The fourth-order valence-corrected chi connectivity index (χ4v) is 4.50. The molecule has 3 heterocycles. The van der Waals surface area contributed by atoms with Crippen LogP contribution in [0, 0.1) is 0 Å². The number of fused-ring (bicyclic) bond motifs is 1. The first-order valence-electron chi connectivity index (χ1n) is 9.36. The lowest BCUT2D eigenvalue weighted by Crippen LogP contribution is -2.34. The number of hydrogen-bond donors (Lipinski definition) is 1. The van der Waals surface area contributed by atoms with Gasteiger partial charge in [-0.15, -0.1) is 11.3 Å². The van der Waals surface area contributed by atoms with Crippen LogP contribution in [0.25, 0.3) is 16.2 Å². The summed E-state index contributed by atoms with van der Waals surface area (Å²) in [6.07, 6.45) is 1.24. The van der Waals surface area contributed by atoms with E-state index in [1.165, 1.54) is 11.3 Å². The number of carbonyl (C=O) groups excluding carboxylic acids is 1. The molecule has 3 aromatic heterocycles. The second-order valence-electron chi connectivity index (χ2n) is 7.06. The molecule has 1 aliphatic rings. The molecule has 0 aromatic carbocycles. The molecule has 5 nitrogen and oxygen atoms in total. The number of amides is 1. The minimum Gasteiger partial charge on any atom is -0.348 e. The number of rotatable bonds is 3. The maximum atomic E-state index is 13.7. The average Bonchev–Trinajstić information content (AvgIpc) is 3.24. The standard InChI is InChI=1S/C19H18ClF3N4OS/c20-15-16(18(28)24-11-6-3-1-2-4-7-11)26-27-14(19(21,22)23)10-12(25-17(15)27)13-8-5-9-29-13/h5,8-11H,1-4,6-7H2,(H,24,28). The lowest BCUT2D eigenvalue weighted by Gasteiger charge is -2.15. The Morgan fingerprint density at radius 2 is 1.97 bits per heavy atom. The molecule has 0 radical (unpaired) electrons. The van der Waals surface area contributed by atoms with Gasteiger partial charge in [-0.3, -0.25) is 4.79 Å². The first-order valence-corrected chi connectivity index (χ1v) is 10.6. The third kappa shape index (κ3) is 4.11. The Kier molecular flexibility index (Phi) is 5.52. The summed E-state index contributed by atoms with van der Waals surface area (Å²) in [5, 5.41) is 8.32. The summed E-state index contributed by atoms with van der Waals surface area (Å²) in [6, 6.07) is 4.30. The third-order valence-corrected chi connectivity index (χ3v) is 6.24. The maximum Gasteiger partial charge on any atom is 0.433 e. The Hall–Kier alpha value is -2.13. The van der Waals surface area contributed by atoms with E-state index < -0.39 is 17.8 Å². The van der Waals surface area contributed by atoms with E-state index in [2.05, 4.69) is 15.4 Å². The van der Waals surface area contributed by atoms with Crippen molar-refractivity contribution >= 4 is 34.5 Å². The van der Waals surface area contributed by atoms with Gasteiger partial charge in [0.25, 0.3) is 5.91 Å². The number of hydrogen-bond acceptors (Lipinski definition) is 4. The number of nitrogens with one attached hydrogen (secondary N) is 1. The molecule has 0 aliphatic heterocycles. The molecule has 1 amide bonds. The van der Waals surface area contributed by atoms with Gasteiger partial charge in [-0.05, 0) is 30.4 Å². The van der Waals surface area contributed by atoms with Crippen molar-refractivity contribution < 1.29 is 18.0 Å². The van der Waals surface area contributed by atoms with Crippen LogP contribution < -0.4 is 5.32 Å². The summed E-state index contributed by atoms with van der Waals surface area (Å²) in [4.78, 5) is 17.5. The maximum absolute atomic E-state index is 13.7. The molecule has 1 saturated carbocycles. The second kappa shape index (κ2) is 7.95. The summed E-state index contributed by atoms with van der Waals surface area (Å²) in [7, 11) is 0. The van der Waals surface area contributed by atoms with Crippen LogP contribution in [0.2, 0.25) is 5.02 Å². The van der Waals surface area contributed by atoms with Crippen molar-refractivity contribution in [2.24, 2.45) is 0 Å². The monoisotopic (exact) mass is 442 g/mol. The Morgan fingerprint density at radius 3 is 2.59 bits per heavy atom. The van der Waals surface area contributed by atoms with Crippen molar-refractivity contribution in [1.29, 1.82) is 0 Å². The largest absolute Gasteiger partial charge is 0.433 e. The molecule has 1 N–H and O–H groups in total. The summed E-state index contributed by atoms with van der Waals surface area (Å²) in [6.45, 7) is 0.